The SMILES string of the molecule is CCC1C(C)CSC2=NC(C)=C(C(=O)O)C(c3cccc([N+](=O)[O-])c3)N21. The van der Waals surface area contributed by atoms with Gasteiger partial charge in [-0.05, 0) is 24.8 Å². The van der Waals surface area contributed by atoms with E-state index in [0.717, 1.165) is 17.3 Å². The minimum Gasteiger partial charge on any atom is -0.478 e. The van der Waals surface area contributed by atoms with E-state index in [-0.39, 0.29) is 17.3 Å². The zero-order chi connectivity index (χ0) is 19.0. The molecule has 26 heavy (non-hydrogen) atoms. The number of aliphatic carboxylic acids is 1. The van der Waals surface area contributed by atoms with Gasteiger partial charge >= 0.3 is 5.97 Å². The minimum absolute atomic E-state index is 0.0419. The van der Waals surface area contributed by atoms with Crippen molar-refractivity contribution in [1.82, 2.24) is 4.90 Å². The quantitative estimate of drug-likeness (QED) is 0.635. The number of aliphatic imine (C=N–C) groups is 1. The Morgan fingerprint density at radius 3 is 2.85 bits per heavy atom. The largest absolute Gasteiger partial charge is 0.478 e. The first kappa shape index (κ1) is 18.4. The van der Waals surface area contributed by atoms with Gasteiger partial charge in [0.15, 0.2) is 5.17 Å². The zero-order valence-corrected chi connectivity index (χ0v) is 15.7. The number of non-ortho nitro benzene ring substituents is 1. The number of rotatable bonds is 4. The highest BCUT2D eigenvalue weighted by Gasteiger charge is 2.43. The van der Waals surface area contributed by atoms with Gasteiger partial charge in [0.2, 0.25) is 0 Å². The molecule has 3 rings (SSSR count). The summed E-state index contributed by atoms with van der Waals surface area (Å²) in [5, 5.41) is 21.8. The Balaban J connectivity index is 2.19. The topological polar surface area (TPSA) is 96.0 Å². The van der Waals surface area contributed by atoms with Gasteiger partial charge in [0, 0.05) is 23.9 Å². The number of benzene rings is 1. The van der Waals surface area contributed by atoms with Gasteiger partial charge in [-0.1, -0.05) is 37.7 Å². The number of carboxylic acid groups (broad SMARTS) is 1. The number of nitrogens with zero attached hydrogens (tertiary/aromatic N) is 3. The molecule has 2 aliphatic rings. The average molecular weight is 375 g/mol. The molecule has 2 aliphatic heterocycles. The lowest BCUT2D eigenvalue weighted by molar-refractivity contribution is -0.384. The van der Waals surface area contributed by atoms with Crippen LogP contribution in [-0.2, 0) is 4.79 Å². The summed E-state index contributed by atoms with van der Waals surface area (Å²) in [6.07, 6.45) is 0.845. The molecule has 138 valence electrons. The summed E-state index contributed by atoms with van der Waals surface area (Å²) < 4.78 is 0. The number of hydrogen-bond donors (Lipinski definition) is 1. The maximum absolute atomic E-state index is 12.0. The van der Waals surface area contributed by atoms with Gasteiger partial charge in [0.05, 0.1) is 22.2 Å². The van der Waals surface area contributed by atoms with Crippen LogP contribution < -0.4 is 0 Å². The molecule has 0 aliphatic carbocycles. The molecule has 0 saturated carbocycles. The van der Waals surface area contributed by atoms with Gasteiger partial charge in [-0.3, -0.25) is 10.1 Å². The maximum Gasteiger partial charge on any atom is 0.335 e. The van der Waals surface area contributed by atoms with Crippen molar-refractivity contribution in [3.63, 3.8) is 0 Å². The standard InChI is InChI=1S/C18H21N3O4S/c1-4-14-10(2)9-26-18-19-11(3)15(17(22)23)16(20(14)18)12-6-5-7-13(8-12)21(24)25/h5-8,10,14,16H,4,9H2,1-3H3,(H,22,23). The molecule has 3 unspecified atom stereocenters. The molecular formula is C18H21N3O4S. The highest BCUT2D eigenvalue weighted by atomic mass is 32.2. The Kier molecular flexibility index (Phi) is 5.04. The van der Waals surface area contributed by atoms with Crippen LogP contribution in [0.3, 0.4) is 0 Å². The summed E-state index contributed by atoms with van der Waals surface area (Å²) >= 11 is 1.62. The van der Waals surface area contributed by atoms with Crippen molar-refractivity contribution in [2.45, 2.75) is 39.3 Å². The lowest BCUT2D eigenvalue weighted by atomic mass is 9.89. The van der Waals surface area contributed by atoms with Crippen molar-refractivity contribution in [3.8, 4) is 0 Å². The van der Waals surface area contributed by atoms with Crippen LogP contribution in [0.5, 0.6) is 0 Å². The fourth-order valence-electron chi connectivity index (χ4n) is 3.75. The highest BCUT2D eigenvalue weighted by Crippen LogP contribution is 2.44. The fourth-order valence-corrected chi connectivity index (χ4v) is 4.97. The first-order chi connectivity index (χ1) is 12.3. The van der Waals surface area contributed by atoms with E-state index < -0.39 is 16.9 Å². The Labute approximate surface area is 155 Å². The predicted molar refractivity (Wildman–Crippen MR) is 101 cm³/mol. The monoisotopic (exact) mass is 375 g/mol. The van der Waals surface area contributed by atoms with Crippen molar-refractivity contribution < 1.29 is 14.8 Å². The average Bonchev–Trinajstić information content (AvgIpc) is 2.60. The number of carbonyl (C=O) groups is 1. The minimum atomic E-state index is -1.04. The van der Waals surface area contributed by atoms with Gasteiger partial charge in [-0.25, -0.2) is 9.79 Å². The smallest absolute Gasteiger partial charge is 0.335 e. The normalized spacial score (nSPS) is 25.6. The number of carboxylic acids is 1. The molecule has 1 N–H and O–H groups in total. The number of nitro benzene ring substituents is 1. The second-order valence-corrected chi connectivity index (χ2v) is 7.61. The number of hydrogen-bond acceptors (Lipinski definition) is 6. The van der Waals surface area contributed by atoms with Gasteiger partial charge in [0.25, 0.3) is 5.69 Å². The third kappa shape index (κ3) is 3.09. The van der Waals surface area contributed by atoms with Crippen LogP contribution in [0.2, 0.25) is 0 Å². The van der Waals surface area contributed by atoms with E-state index >= 15 is 0 Å². The molecule has 3 atom stereocenters. The molecule has 0 radical (unpaired) electrons. The van der Waals surface area contributed by atoms with Crippen LogP contribution >= 0.6 is 11.8 Å². The summed E-state index contributed by atoms with van der Waals surface area (Å²) in [6, 6.07) is 5.80. The summed E-state index contributed by atoms with van der Waals surface area (Å²) in [5.41, 5.74) is 1.20. The lowest BCUT2D eigenvalue weighted by Gasteiger charge is -2.47. The number of nitro groups is 1. The van der Waals surface area contributed by atoms with E-state index in [9.17, 15) is 20.0 Å². The van der Waals surface area contributed by atoms with Gasteiger partial charge in [-0.2, -0.15) is 0 Å². The molecule has 0 bridgehead atoms. The molecule has 1 fully saturated rings. The van der Waals surface area contributed by atoms with E-state index in [2.05, 4.69) is 18.8 Å². The summed E-state index contributed by atoms with van der Waals surface area (Å²) in [5.74, 6) is 0.240. The lowest BCUT2D eigenvalue weighted by Crippen LogP contribution is -2.51. The summed E-state index contributed by atoms with van der Waals surface area (Å²) in [7, 11) is 0. The van der Waals surface area contributed by atoms with Crippen molar-refractivity contribution in [2.75, 3.05) is 5.75 Å². The molecular weight excluding hydrogens is 354 g/mol. The Hall–Kier alpha value is -2.35. The van der Waals surface area contributed by atoms with Crippen molar-refractivity contribution in [1.29, 1.82) is 0 Å². The summed E-state index contributed by atoms with van der Waals surface area (Å²) in [4.78, 5) is 29.4. The van der Waals surface area contributed by atoms with E-state index in [1.807, 2.05) is 4.90 Å². The van der Waals surface area contributed by atoms with E-state index in [4.69, 9.17) is 0 Å². The van der Waals surface area contributed by atoms with Gasteiger partial charge in [-0.15, -0.1) is 0 Å². The van der Waals surface area contributed by atoms with Gasteiger partial charge < -0.3 is 10.0 Å². The molecule has 0 amide bonds. The number of allylic oxidation sites excluding steroid dienone is 1. The summed E-state index contributed by atoms with van der Waals surface area (Å²) in [6.45, 7) is 5.91. The van der Waals surface area contributed by atoms with Crippen molar-refractivity contribution in [2.24, 2.45) is 10.9 Å². The van der Waals surface area contributed by atoms with Crippen LogP contribution in [0, 0.1) is 16.0 Å². The third-order valence-electron chi connectivity index (χ3n) is 4.96. The second kappa shape index (κ2) is 7.11. The molecule has 0 spiro atoms. The second-order valence-electron chi connectivity index (χ2n) is 6.62. The van der Waals surface area contributed by atoms with Crippen LogP contribution in [0.4, 0.5) is 5.69 Å². The van der Waals surface area contributed by atoms with Crippen molar-refractivity contribution >= 4 is 28.6 Å². The first-order valence-corrected chi connectivity index (χ1v) is 9.52. The fraction of sp³-hybridized carbons (Fsp3) is 0.444. The molecule has 1 saturated heterocycles. The van der Waals surface area contributed by atoms with Crippen LogP contribution in [0.1, 0.15) is 38.8 Å². The molecule has 7 nitrogen and oxygen atoms in total. The van der Waals surface area contributed by atoms with Crippen molar-refractivity contribution in [3.05, 3.63) is 51.2 Å². The maximum atomic E-state index is 12.0. The van der Waals surface area contributed by atoms with E-state index in [1.165, 1.54) is 12.1 Å². The van der Waals surface area contributed by atoms with Crippen LogP contribution in [0.15, 0.2) is 40.5 Å². The molecule has 1 aromatic carbocycles. The third-order valence-corrected chi connectivity index (χ3v) is 6.21. The number of fused-ring (bicyclic) bond motifs is 1. The molecule has 8 heteroatoms. The van der Waals surface area contributed by atoms with E-state index in [0.29, 0.717) is 17.2 Å². The Morgan fingerprint density at radius 2 is 2.23 bits per heavy atom. The zero-order valence-electron chi connectivity index (χ0n) is 14.9. The Bertz CT molecular complexity index is 820. The predicted octanol–water partition coefficient (Wildman–Crippen LogP) is 3.83. The van der Waals surface area contributed by atoms with Crippen LogP contribution in [0.25, 0.3) is 0 Å². The highest BCUT2D eigenvalue weighted by molar-refractivity contribution is 8.13. The number of thioether (sulfide) groups is 1. The van der Waals surface area contributed by atoms with Crippen LogP contribution in [-0.4, -0.2) is 37.9 Å². The molecule has 0 aromatic heterocycles. The number of amidine groups is 1. The first-order valence-electron chi connectivity index (χ1n) is 8.53. The van der Waals surface area contributed by atoms with Gasteiger partial charge in [0.1, 0.15) is 0 Å². The molecule has 1 aromatic rings. The van der Waals surface area contributed by atoms with E-state index in [1.54, 1.807) is 30.8 Å². The Morgan fingerprint density at radius 1 is 1.50 bits per heavy atom. The molecule has 2 heterocycles.